The molecule has 0 atom stereocenters. The molecule has 0 heterocycles. The lowest BCUT2D eigenvalue weighted by Crippen LogP contribution is -2.13. The van der Waals surface area contributed by atoms with Gasteiger partial charge in [0.2, 0.25) is 0 Å². The lowest BCUT2D eigenvalue weighted by Gasteiger charge is -1.95. The molecule has 0 saturated carbocycles. The van der Waals surface area contributed by atoms with E-state index < -0.39 is 36.9 Å². The Kier molecular flexibility index (Phi) is 5.94. The van der Waals surface area contributed by atoms with Gasteiger partial charge < -0.3 is 0 Å². The van der Waals surface area contributed by atoms with E-state index in [0.29, 0.717) is 0 Å². The summed E-state index contributed by atoms with van der Waals surface area (Å²) in [5.74, 6) is 0. The van der Waals surface area contributed by atoms with Crippen molar-refractivity contribution in [1.29, 1.82) is 0 Å². The maximum atomic E-state index is 10.4. The second-order valence-electron chi connectivity index (χ2n) is 2.90. The van der Waals surface area contributed by atoms with Crippen LogP contribution in [-0.2, 0) is 0 Å². The van der Waals surface area contributed by atoms with Crippen LogP contribution in [0.1, 0.15) is 0 Å². The third-order valence-corrected chi connectivity index (χ3v) is 1.75. The van der Waals surface area contributed by atoms with Crippen LogP contribution < -0.4 is 5.43 Å². The lowest BCUT2D eigenvalue weighted by molar-refractivity contribution is -0.538. The number of benzene rings is 1. The van der Waals surface area contributed by atoms with Crippen LogP contribution in [0.3, 0.4) is 0 Å². The van der Waals surface area contributed by atoms with Gasteiger partial charge in [-0.25, -0.2) is 10.1 Å². The van der Waals surface area contributed by atoms with E-state index in [0.717, 1.165) is 18.2 Å². The summed E-state index contributed by atoms with van der Waals surface area (Å²) >= 11 is 0. The van der Waals surface area contributed by atoms with Crippen molar-refractivity contribution in [3.05, 3.63) is 58.7 Å². The van der Waals surface area contributed by atoms with Gasteiger partial charge in [-0.3, -0.25) is 30.3 Å². The molecule has 0 unspecified atom stereocenters. The number of hydrogen-bond acceptors (Lipinski definition) is 8. The number of rotatable bonds is 4. The monoisotopic (exact) mass is 289 g/mol. The fraction of sp³-hybridized carbons (Fsp3) is 0.143. The van der Waals surface area contributed by atoms with Crippen LogP contribution in [0.5, 0.6) is 0 Å². The van der Waals surface area contributed by atoms with E-state index in [-0.39, 0.29) is 0 Å². The summed E-state index contributed by atoms with van der Waals surface area (Å²) in [5.41, 5.74) is -1.14. The first-order valence-corrected chi connectivity index (χ1v) is 4.60. The van der Waals surface area contributed by atoms with E-state index in [2.05, 4.69) is 0 Å². The van der Waals surface area contributed by atoms with Crippen LogP contribution in [0.15, 0.2) is 18.2 Å². The zero-order valence-electron chi connectivity index (χ0n) is 9.79. The fourth-order valence-corrected chi connectivity index (χ4v) is 1.00. The average molecular weight is 289 g/mol. The zero-order valence-corrected chi connectivity index (χ0v) is 9.79. The second-order valence-corrected chi connectivity index (χ2v) is 2.90. The highest BCUT2D eigenvalue weighted by molar-refractivity contribution is 5.65. The highest BCUT2D eigenvalue weighted by atomic mass is 16.7. The van der Waals surface area contributed by atoms with Crippen molar-refractivity contribution in [2.45, 2.75) is 0 Å². The van der Waals surface area contributed by atoms with Gasteiger partial charge in [0.15, 0.2) is 5.03 Å². The molecule has 0 aliphatic heterocycles. The summed E-state index contributed by atoms with van der Waals surface area (Å²) in [7, 11) is 1.25. The van der Waals surface area contributed by atoms with Crippen LogP contribution in [0.25, 0.3) is 0 Å². The summed E-state index contributed by atoms with van der Waals surface area (Å²) in [5, 5.41) is 39.6. The number of nitro benzene ring substituents is 3. The molecular weight excluding hydrogens is 282 g/mol. The molecule has 13 nitrogen and oxygen atoms in total. The second kappa shape index (κ2) is 7.14. The van der Waals surface area contributed by atoms with E-state index in [1.165, 1.54) is 7.05 Å². The molecule has 0 aliphatic carbocycles. The smallest absolute Gasteiger partial charge is 0.258 e. The predicted octanol–water partition coefficient (Wildman–Crippen LogP) is 0.809. The maximum Gasteiger partial charge on any atom is 0.422 e. The van der Waals surface area contributed by atoms with Crippen LogP contribution in [-0.4, -0.2) is 26.8 Å². The maximum absolute atomic E-state index is 10.4. The number of hydrazine groups is 1. The molecule has 108 valence electrons. The Hall–Kier alpha value is -3.38. The van der Waals surface area contributed by atoms with E-state index >= 15 is 0 Å². The van der Waals surface area contributed by atoms with Crippen molar-refractivity contribution in [1.82, 2.24) is 5.43 Å². The summed E-state index contributed by atoms with van der Waals surface area (Å²) in [6.07, 6.45) is 0. The highest BCUT2D eigenvalue weighted by Crippen LogP contribution is 2.35. The largest absolute Gasteiger partial charge is 0.422 e. The number of para-hydroxylation sites is 1. The molecule has 0 spiro atoms. The summed E-state index contributed by atoms with van der Waals surface area (Å²) < 4.78 is 0. The predicted molar refractivity (Wildman–Crippen MR) is 62.5 cm³/mol. The van der Waals surface area contributed by atoms with Crippen molar-refractivity contribution in [3.8, 4) is 0 Å². The Morgan fingerprint density at radius 2 is 1.20 bits per heavy atom. The molecule has 20 heavy (non-hydrogen) atoms. The number of hydrogen-bond donors (Lipinski definition) is 1. The van der Waals surface area contributed by atoms with Gasteiger partial charge in [0, 0.05) is 12.1 Å². The van der Waals surface area contributed by atoms with Gasteiger partial charge in [-0.05, 0) is 6.07 Å². The van der Waals surface area contributed by atoms with E-state index in [1.807, 2.05) is 0 Å². The van der Waals surface area contributed by atoms with Crippen LogP contribution in [0.4, 0.5) is 17.1 Å². The topological polar surface area (TPSA) is 185 Å². The van der Waals surface area contributed by atoms with Gasteiger partial charge in [0.25, 0.3) is 0 Å². The molecular formula is C7H7N5O8. The van der Waals surface area contributed by atoms with Gasteiger partial charge in [-0.15, -0.1) is 5.43 Å². The molecule has 0 fully saturated rings. The lowest BCUT2D eigenvalue weighted by atomic mass is 10.2. The summed E-state index contributed by atoms with van der Waals surface area (Å²) in [6, 6.07) is 2.69. The van der Waals surface area contributed by atoms with Crippen LogP contribution >= 0.6 is 0 Å². The number of nitrogens with zero attached hydrogens (tertiary/aromatic N) is 4. The third kappa shape index (κ3) is 4.47. The van der Waals surface area contributed by atoms with E-state index in [9.17, 15) is 30.3 Å². The van der Waals surface area contributed by atoms with E-state index in [1.54, 1.807) is 5.43 Å². The Morgan fingerprint density at radius 1 is 0.850 bits per heavy atom. The van der Waals surface area contributed by atoms with Gasteiger partial charge in [-0.2, -0.15) is 0 Å². The molecule has 0 amide bonds. The number of nitro groups is 4. The zero-order chi connectivity index (χ0) is 15.9. The summed E-state index contributed by atoms with van der Waals surface area (Å²) in [4.78, 5) is 37.1. The highest BCUT2D eigenvalue weighted by Gasteiger charge is 2.34. The van der Waals surface area contributed by atoms with Gasteiger partial charge in [0.05, 0.1) is 21.8 Å². The van der Waals surface area contributed by atoms with Crippen molar-refractivity contribution in [3.63, 3.8) is 0 Å². The minimum absolute atomic E-state index is 0.625. The van der Waals surface area contributed by atoms with Crippen molar-refractivity contribution < 1.29 is 19.8 Å². The number of nitrogens with one attached hydrogen (secondary N) is 1. The normalized spacial score (nSPS) is 8.85. The Labute approximate surface area is 109 Å². The minimum atomic E-state index is -1.14. The van der Waals surface area contributed by atoms with Gasteiger partial charge in [-0.1, -0.05) is 0 Å². The van der Waals surface area contributed by atoms with Crippen molar-refractivity contribution >= 4 is 17.1 Å². The van der Waals surface area contributed by atoms with Gasteiger partial charge in [0.1, 0.15) is 0 Å². The molecule has 1 aromatic carbocycles. The molecule has 0 aromatic heterocycles. The molecule has 0 aliphatic rings. The van der Waals surface area contributed by atoms with Gasteiger partial charge >= 0.3 is 17.1 Å². The average Bonchev–Trinajstić information content (AvgIpc) is 2.38. The SMILES string of the molecule is CN[N+](=O)[O-].O=[N+]([O-])c1cccc([N+](=O)[O-])c1[N+](=O)[O-]. The van der Waals surface area contributed by atoms with Crippen LogP contribution in [0.2, 0.25) is 0 Å². The molecule has 1 N–H and O–H groups in total. The minimum Gasteiger partial charge on any atom is -0.258 e. The van der Waals surface area contributed by atoms with Crippen molar-refractivity contribution in [2.24, 2.45) is 0 Å². The Morgan fingerprint density at radius 3 is 1.40 bits per heavy atom. The standard InChI is InChI=1S/C6H3N3O6.CH4N2O2/c10-7(11)4-2-1-3-5(8(12)13)6(4)9(14)15;1-2-3(4)5/h1-3H;2H,1H3. The molecule has 0 bridgehead atoms. The first-order valence-electron chi connectivity index (χ1n) is 4.60. The van der Waals surface area contributed by atoms with Crippen molar-refractivity contribution in [2.75, 3.05) is 7.05 Å². The summed E-state index contributed by atoms with van der Waals surface area (Å²) in [6.45, 7) is 0. The first-order chi connectivity index (χ1) is 9.22. The molecule has 0 radical (unpaired) electrons. The Balaban J connectivity index is 0.000000621. The van der Waals surface area contributed by atoms with E-state index in [4.69, 9.17) is 10.1 Å². The Bertz CT molecular complexity index is 526. The third-order valence-electron chi connectivity index (χ3n) is 1.75. The molecule has 1 aromatic rings. The molecule has 13 heteroatoms. The molecule has 0 saturated heterocycles. The first kappa shape index (κ1) is 16.6. The molecule has 1 rings (SSSR count). The van der Waals surface area contributed by atoms with Crippen LogP contribution in [0, 0.1) is 40.5 Å². The quantitative estimate of drug-likeness (QED) is 0.618. The fourth-order valence-electron chi connectivity index (χ4n) is 1.00.